The van der Waals surface area contributed by atoms with Crippen LogP contribution in [0.4, 0.5) is 5.69 Å². The first-order valence-corrected chi connectivity index (χ1v) is 9.35. The van der Waals surface area contributed by atoms with Crippen LogP contribution in [0, 0.1) is 4.91 Å². The van der Waals surface area contributed by atoms with E-state index in [1.54, 1.807) is 18.2 Å². The van der Waals surface area contributed by atoms with E-state index in [9.17, 15) is 28.9 Å². The zero-order valence-electron chi connectivity index (χ0n) is 16.8. The number of hydrogen-bond acceptors (Lipinski definition) is 7. The Balaban J connectivity index is 1.95. The Kier molecular flexibility index (Phi) is 7.34. The smallest absolute Gasteiger partial charge is 0.343 e. The van der Waals surface area contributed by atoms with Gasteiger partial charge in [0.1, 0.15) is 28.7 Å². The van der Waals surface area contributed by atoms with Gasteiger partial charge in [-0.15, -0.1) is 0 Å². The second-order valence-corrected chi connectivity index (χ2v) is 6.86. The van der Waals surface area contributed by atoms with Crippen molar-refractivity contribution >= 4 is 35.2 Å². The molecule has 0 aliphatic carbocycles. The van der Waals surface area contributed by atoms with E-state index in [0.29, 0.717) is 5.01 Å². The molecule has 1 aromatic carbocycles. The van der Waals surface area contributed by atoms with Crippen LogP contribution in [0.5, 0.6) is 0 Å². The van der Waals surface area contributed by atoms with Gasteiger partial charge in [-0.2, -0.15) is 0 Å². The van der Waals surface area contributed by atoms with Crippen LogP contribution in [0.1, 0.15) is 33.6 Å². The highest BCUT2D eigenvalue weighted by Crippen LogP contribution is 2.15. The first-order chi connectivity index (χ1) is 14.2. The average molecular weight is 417 g/mol. The van der Waals surface area contributed by atoms with Crippen molar-refractivity contribution in [1.82, 2.24) is 20.8 Å². The summed E-state index contributed by atoms with van der Waals surface area (Å²) in [6.45, 7) is 4.15. The van der Waals surface area contributed by atoms with E-state index in [2.05, 4.69) is 15.9 Å². The van der Waals surface area contributed by atoms with Crippen LogP contribution in [0.2, 0.25) is 0 Å². The van der Waals surface area contributed by atoms with Crippen LogP contribution in [0.3, 0.4) is 0 Å². The maximum Gasteiger partial charge on any atom is 0.494 e. The summed E-state index contributed by atoms with van der Waals surface area (Å²) in [5.41, 5.74) is 0.244. The predicted molar refractivity (Wildman–Crippen MR) is 105 cm³/mol. The Labute approximate surface area is 172 Å². The van der Waals surface area contributed by atoms with Gasteiger partial charge in [0.05, 0.1) is 0 Å². The fourth-order valence-corrected chi connectivity index (χ4v) is 2.91. The molecule has 1 heterocycles. The highest BCUT2D eigenvalue weighted by Gasteiger charge is 2.37. The van der Waals surface area contributed by atoms with E-state index in [4.69, 9.17) is 0 Å². The van der Waals surface area contributed by atoms with Gasteiger partial charge in [-0.25, -0.2) is 0 Å². The van der Waals surface area contributed by atoms with Crippen LogP contribution in [-0.2, 0) is 24.0 Å². The summed E-state index contributed by atoms with van der Waals surface area (Å²) in [6.07, 6.45) is 0.101. The van der Waals surface area contributed by atoms with Crippen LogP contribution >= 0.6 is 0 Å². The molecule has 0 bridgehead atoms. The highest BCUT2D eigenvalue weighted by molar-refractivity contribution is 6.06. The van der Waals surface area contributed by atoms with Gasteiger partial charge in [-0.05, 0) is 32.9 Å². The van der Waals surface area contributed by atoms with Crippen LogP contribution < -0.4 is 20.9 Å². The molecule has 1 aromatic rings. The quantitative estimate of drug-likeness (QED) is 0.434. The third-order valence-corrected chi connectivity index (χ3v) is 4.63. The van der Waals surface area contributed by atoms with E-state index in [0.717, 1.165) is 4.90 Å². The molecule has 1 aliphatic heterocycles. The molecule has 3 atom stereocenters. The number of nitrogens with one attached hydrogen (secondary N) is 2. The molecule has 11 heteroatoms. The number of para-hydroxylation sites is 1. The molecule has 2 rings (SSSR count). The number of carbonyl (C=O) groups is 5. The van der Waals surface area contributed by atoms with Crippen molar-refractivity contribution in [2.45, 2.75) is 51.7 Å². The average Bonchev–Trinajstić information content (AvgIpc) is 3.06. The summed E-state index contributed by atoms with van der Waals surface area (Å²) in [7, 11) is 0. The minimum absolute atomic E-state index is 0.0504. The van der Waals surface area contributed by atoms with Crippen molar-refractivity contribution in [2.75, 3.05) is 5.01 Å². The molecule has 1 saturated heterocycles. The molecule has 2 N–H and O–H groups in total. The Bertz CT molecular complexity index is 842. The van der Waals surface area contributed by atoms with Crippen molar-refractivity contribution in [3.05, 3.63) is 35.2 Å². The van der Waals surface area contributed by atoms with Gasteiger partial charge in [0, 0.05) is 17.9 Å². The number of hydrogen-bond donors (Lipinski definition) is 2. The van der Waals surface area contributed by atoms with Crippen molar-refractivity contribution in [1.29, 1.82) is 0 Å². The van der Waals surface area contributed by atoms with Crippen LogP contribution in [0.15, 0.2) is 30.3 Å². The number of anilines is 1. The lowest BCUT2D eigenvalue weighted by Gasteiger charge is -2.24. The number of rotatable bonds is 8. The Morgan fingerprint density at radius 2 is 1.47 bits per heavy atom. The summed E-state index contributed by atoms with van der Waals surface area (Å²) in [5.74, 6) is -3.01. The number of nitroso groups, excluding NO2 is 1. The number of imide groups is 1. The zero-order valence-corrected chi connectivity index (χ0v) is 16.8. The normalized spacial score (nSPS) is 16.4. The maximum atomic E-state index is 12.5. The molecule has 0 aromatic heterocycles. The largest absolute Gasteiger partial charge is 0.494 e. The fraction of sp³-hybridized carbons (Fsp3) is 0.421. The van der Waals surface area contributed by atoms with E-state index in [-0.39, 0.29) is 18.5 Å². The third kappa shape index (κ3) is 5.04. The monoisotopic (exact) mass is 417 g/mol. The van der Waals surface area contributed by atoms with Gasteiger partial charge in [-0.3, -0.25) is 28.9 Å². The Hall–Kier alpha value is -3.63. The van der Waals surface area contributed by atoms with Crippen molar-refractivity contribution < 1.29 is 24.0 Å². The molecular formula is C19H23N5O6+. The van der Waals surface area contributed by atoms with Gasteiger partial charge >= 0.3 is 11.2 Å². The van der Waals surface area contributed by atoms with E-state index in [1.807, 2.05) is 0 Å². The number of likely N-dealkylation sites (tertiary alicyclic amines) is 1. The third-order valence-electron chi connectivity index (χ3n) is 4.63. The number of amides is 5. The zero-order chi connectivity index (χ0) is 22.4. The Morgan fingerprint density at radius 1 is 0.933 bits per heavy atom. The van der Waals surface area contributed by atoms with E-state index < -0.39 is 47.7 Å². The van der Waals surface area contributed by atoms with Gasteiger partial charge in [0.25, 0.3) is 0 Å². The SMILES string of the molecule is C[C@H](NC(=O)[C@H](C)N1C(=O)CCC1=O)C(=O)N[C@@H](C)C(=O)N([N+]=O)c1ccccc1. The molecule has 1 aliphatic rings. The molecule has 0 saturated carbocycles. The number of nitrogens with zero attached hydrogens (tertiary/aromatic N) is 3. The molecule has 159 valence electrons. The van der Waals surface area contributed by atoms with E-state index >= 15 is 0 Å². The van der Waals surface area contributed by atoms with Gasteiger partial charge in [0.2, 0.25) is 23.6 Å². The first-order valence-electron chi connectivity index (χ1n) is 9.35. The lowest BCUT2D eigenvalue weighted by atomic mass is 10.2. The Morgan fingerprint density at radius 3 is 2.00 bits per heavy atom. The molecule has 5 amide bonds. The van der Waals surface area contributed by atoms with Crippen molar-refractivity contribution in [3.8, 4) is 0 Å². The molecule has 11 nitrogen and oxygen atoms in total. The molecule has 1 radical (unpaired) electrons. The first kappa shape index (κ1) is 22.7. The summed E-state index contributed by atoms with van der Waals surface area (Å²) < 4.78 is 0. The molecular weight excluding hydrogens is 394 g/mol. The molecule has 0 unspecified atom stereocenters. The van der Waals surface area contributed by atoms with Crippen LogP contribution in [0.25, 0.3) is 0 Å². The second-order valence-electron chi connectivity index (χ2n) is 6.86. The van der Waals surface area contributed by atoms with Gasteiger partial charge < -0.3 is 10.6 Å². The maximum absolute atomic E-state index is 12.5. The minimum Gasteiger partial charge on any atom is -0.343 e. The fourth-order valence-electron chi connectivity index (χ4n) is 2.91. The summed E-state index contributed by atoms with van der Waals surface area (Å²) >= 11 is 0. The topological polar surface area (TPSA) is 147 Å². The molecule has 0 spiro atoms. The van der Waals surface area contributed by atoms with Crippen molar-refractivity contribution in [2.24, 2.45) is 0 Å². The second kappa shape index (κ2) is 9.72. The van der Waals surface area contributed by atoms with Gasteiger partial charge in [0.15, 0.2) is 0 Å². The summed E-state index contributed by atoms with van der Waals surface area (Å²) in [4.78, 5) is 72.6. The predicted octanol–water partition coefficient (Wildman–Crippen LogP) is -0.416. The lowest BCUT2D eigenvalue weighted by Crippen LogP contribution is -2.55. The van der Waals surface area contributed by atoms with Crippen LogP contribution in [-0.4, -0.2) is 52.6 Å². The highest BCUT2D eigenvalue weighted by atomic mass is 16.3. The van der Waals surface area contributed by atoms with Crippen molar-refractivity contribution in [3.63, 3.8) is 0 Å². The van der Waals surface area contributed by atoms with Gasteiger partial charge in [-0.1, -0.05) is 18.2 Å². The molecule has 1 fully saturated rings. The lowest BCUT2D eigenvalue weighted by molar-refractivity contribution is -0.146. The molecule has 30 heavy (non-hydrogen) atoms. The standard InChI is InChI=1S/C19H23N5O6/c1-11(20-18(28)13(3)23-15(25)9-10-16(23)26)17(27)21-12(2)19(29)24(22-30)14-7-5-4-6-8-14/h4-8,11-13H,9-10H2,1-3H3,(H,20,28)(H,21,27)/q+1/t11-,12-,13-/m0/s1. The number of benzene rings is 1. The minimum atomic E-state index is -1.10. The number of carbonyl (C=O) groups excluding carboxylic acids is 5. The summed E-state index contributed by atoms with van der Waals surface area (Å²) in [6, 6.07) is 4.76. The van der Waals surface area contributed by atoms with E-state index in [1.165, 1.54) is 32.9 Å². The summed E-state index contributed by atoms with van der Waals surface area (Å²) in [5, 5.41) is 8.14.